The maximum Gasteiger partial charge on any atom is 0.150 e. The average molecular weight is 233 g/mol. The Balaban J connectivity index is 1.94. The summed E-state index contributed by atoms with van der Waals surface area (Å²) in [4.78, 5) is 0. The Labute approximate surface area is 104 Å². The molecule has 17 heavy (non-hydrogen) atoms. The van der Waals surface area contributed by atoms with Crippen molar-refractivity contribution in [1.29, 1.82) is 0 Å². The highest BCUT2D eigenvalue weighted by atomic mass is 16.5. The number of hydrogen-bond acceptors (Lipinski definition) is 2. The van der Waals surface area contributed by atoms with Crippen molar-refractivity contribution in [2.45, 2.75) is 52.3 Å². The molecule has 0 radical (unpaired) electrons. The van der Waals surface area contributed by atoms with Gasteiger partial charge in [-0.3, -0.25) is 5.32 Å². The summed E-state index contributed by atoms with van der Waals surface area (Å²) in [5.41, 5.74) is 0.304. The minimum atomic E-state index is 0.162. The maximum absolute atomic E-state index is 5.97. The largest absolute Gasteiger partial charge is 0.475 e. The van der Waals surface area contributed by atoms with Gasteiger partial charge in [-0.15, -0.1) is 0 Å². The van der Waals surface area contributed by atoms with Crippen LogP contribution in [0.4, 0.5) is 0 Å². The molecule has 2 heteroatoms. The summed E-state index contributed by atoms with van der Waals surface area (Å²) in [5.74, 6) is 0.958. The van der Waals surface area contributed by atoms with Crippen LogP contribution in [0.5, 0.6) is 5.75 Å². The maximum atomic E-state index is 5.97. The zero-order chi connectivity index (χ0) is 12.3. The summed E-state index contributed by atoms with van der Waals surface area (Å²) < 4.78 is 5.97. The van der Waals surface area contributed by atoms with Crippen molar-refractivity contribution in [2.24, 2.45) is 5.41 Å². The van der Waals surface area contributed by atoms with Gasteiger partial charge < -0.3 is 4.74 Å². The molecule has 0 bridgehead atoms. The van der Waals surface area contributed by atoms with E-state index in [-0.39, 0.29) is 6.23 Å². The van der Waals surface area contributed by atoms with Crippen molar-refractivity contribution < 1.29 is 4.74 Å². The number of piperidine rings is 1. The number of hydrogen-bond donors (Lipinski definition) is 1. The fraction of sp³-hybridized carbons (Fsp3) is 0.600. The Bertz CT molecular complexity index is 342. The molecule has 0 aliphatic carbocycles. The molecule has 1 aromatic carbocycles. The third kappa shape index (κ3) is 3.47. The van der Waals surface area contributed by atoms with Crippen LogP contribution in [0.1, 0.15) is 40.0 Å². The highest BCUT2D eigenvalue weighted by Crippen LogP contribution is 2.28. The zero-order valence-corrected chi connectivity index (χ0v) is 11.1. The van der Waals surface area contributed by atoms with E-state index in [4.69, 9.17) is 4.74 Å². The third-order valence-electron chi connectivity index (χ3n) is 3.41. The first-order valence-corrected chi connectivity index (χ1v) is 6.53. The lowest BCUT2D eigenvalue weighted by Gasteiger charge is -2.38. The van der Waals surface area contributed by atoms with E-state index in [9.17, 15) is 0 Å². The van der Waals surface area contributed by atoms with E-state index in [1.807, 2.05) is 30.3 Å². The van der Waals surface area contributed by atoms with Crippen LogP contribution in [0, 0.1) is 5.41 Å². The number of para-hydroxylation sites is 1. The molecule has 0 aromatic heterocycles. The van der Waals surface area contributed by atoms with Crippen LogP contribution in [-0.2, 0) is 0 Å². The molecule has 2 unspecified atom stereocenters. The van der Waals surface area contributed by atoms with Gasteiger partial charge in [-0.1, -0.05) is 39.0 Å². The number of ether oxygens (including phenoxy) is 1. The first-order chi connectivity index (χ1) is 8.05. The summed E-state index contributed by atoms with van der Waals surface area (Å²) in [5, 5.41) is 3.62. The standard InChI is InChI=1S/C15H23NO/c1-15(2,3)13-10-7-11-14(16-13)17-12-8-5-4-6-9-12/h4-6,8-9,13-14,16H,7,10-11H2,1-3H3. The quantitative estimate of drug-likeness (QED) is 0.843. The van der Waals surface area contributed by atoms with E-state index in [2.05, 4.69) is 26.1 Å². The molecule has 1 aromatic rings. The second-order valence-corrected chi connectivity index (χ2v) is 5.94. The average Bonchev–Trinajstić information content (AvgIpc) is 2.29. The minimum Gasteiger partial charge on any atom is -0.475 e. The Morgan fingerprint density at radius 2 is 1.82 bits per heavy atom. The molecule has 0 saturated carbocycles. The predicted octanol–water partition coefficient (Wildman–Crippen LogP) is 3.58. The monoisotopic (exact) mass is 233 g/mol. The fourth-order valence-corrected chi connectivity index (χ4v) is 2.34. The van der Waals surface area contributed by atoms with Gasteiger partial charge in [0.05, 0.1) is 0 Å². The lowest BCUT2D eigenvalue weighted by atomic mass is 9.82. The minimum absolute atomic E-state index is 0.162. The molecule has 1 saturated heterocycles. The lowest BCUT2D eigenvalue weighted by Crippen LogP contribution is -2.51. The van der Waals surface area contributed by atoms with Gasteiger partial charge >= 0.3 is 0 Å². The molecule has 94 valence electrons. The van der Waals surface area contributed by atoms with Crippen molar-refractivity contribution in [3.8, 4) is 5.75 Å². The summed E-state index contributed by atoms with van der Waals surface area (Å²) in [7, 11) is 0. The van der Waals surface area contributed by atoms with Crippen molar-refractivity contribution in [1.82, 2.24) is 5.32 Å². The molecule has 2 nitrogen and oxygen atoms in total. The summed E-state index contributed by atoms with van der Waals surface area (Å²) in [6.45, 7) is 6.86. The highest BCUT2D eigenvalue weighted by molar-refractivity contribution is 5.21. The molecule has 1 N–H and O–H groups in total. The third-order valence-corrected chi connectivity index (χ3v) is 3.41. The van der Waals surface area contributed by atoms with Gasteiger partial charge in [-0.25, -0.2) is 0 Å². The topological polar surface area (TPSA) is 21.3 Å². The number of rotatable bonds is 2. The van der Waals surface area contributed by atoms with Crippen LogP contribution in [-0.4, -0.2) is 12.3 Å². The van der Waals surface area contributed by atoms with Crippen molar-refractivity contribution in [3.63, 3.8) is 0 Å². The second-order valence-electron chi connectivity index (χ2n) is 5.94. The summed E-state index contributed by atoms with van der Waals surface area (Å²) in [6, 6.07) is 10.6. The van der Waals surface area contributed by atoms with Gasteiger partial charge in [-0.05, 0) is 36.8 Å². The predicted molar refractivity (Wildman–Crippen MR) is 71.1 cm³/mol. The highest BCUT2D eigenvalue weighted by Gasteiger charge is 2.30. The van der Waals surface area contributed by atoms with Crippen LogP contribution in [0.3, 0.4) is 0 Å². The van der Waals surface area contributed by atoms with E-state index < -0.39 is 0 Å². The Morgan fingerprint density at radius 1 is 1.12 bits per heavy atom. The number of benzene rings is 1. The SMILES string of the molecule is CC(C)(C)C1CCCC(Oc2ccccc2)N1. The molecule has 1 fully saturated rings. The van der Waals surface area contributed by atoms with Gasteiger partial charge in [0.1, 0.15) is 12.0 Å². The molecule has 1 aliphatic heterocycles. The van der Waals surface area contributed by atoms with Crippen LogP contribution in [0.2, 0.25) is 0 Å². The molecular formula is C15H23NO. The van der Waals surface area contributed by atoms with Gasteiger partial charge in [-0.2, -0.15) is 0 Å². The van der Waals surface area contributed by atoms with E-state index in [1.54, 1.807) is 0 Å². The van der Waals surface area contributed by atoms with Gasteiger partial charge in [0, 0.05) is 6.04 Å². The molecular weight excluding hydrogens is 210 g/mol. The first-order valence-electron chi connectivity index (χ1n) is 6.53. The van der Waals surface area contributed by atoms with Crippen LogP contribution >= 0.6 is 0 Å². The van der Waals surface area contributed by atoms with Crippen molar-refractivity contribution in [2.75, 3.05) is 0 Å². The van der Waals surface area contributed by atoms with Crippen LogP contribution in [0.15, 0.2) is 30.3 Å². The van der Waals surface area contributed by atoms with Gasteiger partial charge in [0.2, 0.25) is 0 Å². The van der Waals surface area contributed by atoms with Crippen molar-refractivity contribution in [3.05, 3.63) is 30.3 Å². The van der Waals surface area contributed by atoms with Gasteiger partial charge in [0.25, 0.3) is 0 Å². The van der Waals surface area contributed by atoms with E-state index in [1.165, 1.54) is 12.8 Å². The van der Waals surface area contributed by atoms with E-state index in [0.717, 1.165) is 12.2 Å². The Morgan fingerprint density at radius 3 is 2.47 bits per heavy atom. The molecule has 2 rings (SSSR count). The lowest BCUT2D eigenvalue weighted by molar-refractivity contribution is 0.0731. The molecule has 0 spiro atoms. The van der Waals surface area contributed by atoms with Crippen LogP contribution in [0.25, 0.3) is 0 Å². The summed E-state index contributed by atoms with van der Waals surface area (Å²) >= 11 is 0. The molecule has 1 aliphatic rings. The van der Waals surface area contributed by atoms with Gasteiger partial charge in [0.15, 0.2) is 0 Å². The van der Waals surface area contributed by atoms with E-state index >= 15 is 0 Å². The second kappa shape index (κ2) is 5.09. The first kappa shape index (κ1) is 12.4. The smallest absolute Gasteiger partial charge is 0.150 e. The van der Waals surface area contributed by atoms with E-state index in [0.29, 0.717) is 11.5 Å². The Hall–Kier alpha value is -1.02. The fourth-order valence-electron chi connectivity index (χ4n) is 2.34. The molecule has 1 heterocycles. The molecule has 2 atom stereocenters. The zero-order valence-electron chi connectivity index (χ0n) is 11.1. The normalized spacial score (nSPS) is 25.6. The van der Waals surface area contributed by atoms with Crippen molar-refractivity contribution >= 4 is 0 Å². The summed E-state index contributed by atoms with van der Waals surface area (Å²) in [6.07, 6.45) is 3.75. The number of nitrogens with one attached hydrogen (secondary N) is 1. The molecule has 0 amide bonds. The Kier molecular flexibility index (Phi) is 3.72. The van der Waals surface area contributed by atoms with Crippen LogP contribution < -0.4 is 10.1 Å².